The molecule has 1 aliphatic carbocycles. The molecule has 0 radical (unpaired) electrons. The van der Waals surface area contributed by atoms with Crippen molar-refractivity contribution in [2.24, 2.45) is 5.73 Å². The van der Waals surface area contributed by atoms with Crippen LogP contribution >= 0.6 is 15.9 Å². The van der Waals surface area contributed by atoms with Gasteiger partial charge in [0.1, 0.15) is 0 Å². The molecule has 1 aromatic heterocycles. The van der Waals surface area contributed by atoms with E-state index >= 15 is 0 Å². The maximum atomic E-state index is 6.01. The molecule has 0 spiro atoms. The number of aromatic nitrogens is 2. The van der Waals surface area contributed by atoms with Crippen molar-refractivity contribution >= 4 is 15.9 Å². The molecule has 4 heteroatoms. The quantitative estimate of drug-likeness (QED) is 0.904. The monoisotopic (exact) mass is 333 g/mol. The third-order valence-corrected chi connectivity index (χ3v) is 4.52. The van der Waals surface area contributed by atoms with Gasteiger partial charge >= 0.3 is 0 Å². The SMILES string of the molecule is CCC(N)Cc1ccc(-n2ccc(C3CC3)n2)c(Br)c1. The van der Waals surface area contributed by atoms with Crippen molar-refractivity contribution in [3.8, 4) is 5.69 Å². The Balaban J connectivity index is 1.82. The molecule has 1 aliphatic rings. The minimum Gasteiger partial charge on any atom is -0.327 e. The largest absolute Gasteiger partial charge is 0.327 e. The second-order valence-corrected chi connectivity index (χ2v) is 6.47. The van der Waals surface area contributed by atoms with Crippen molar-refractivity contribution in [1.29, 1.82) is 0 Å². The molecule has 0 amide bonds. The van der Waals surface area contributed by atoms with Crippen LogP contribution in [0.1, 0.15) is 43.4 Å². The molecule has 106 valence electrons. The molecule has 0 saturated heterocycles. The van der Waals surface area contributed by atoms with E-state index in [1.165, 1.54) is 24.1 Å². The number of halogens is 1. The number of benzene rings is 1. The fourth-order valence-electron chi connectivity index (χ4n) is 2.38. The Labute approximate surface area is 128 Å². The van der Waals surface area contributed by atoms with Crippen molar-refractivity contribution in [3.05, 3.63) is 46.2 Å². The zero-order valence-corrected chi connectivity index (χ0v) is 13.3. The lowest BCUT2D eigenvalue weighted by molar-refractivity contribution is 0.646. The van der Waals surface area contributed by atoms with E-state index in [-0.39, 0.29) is 6.04 Å². The number of nitrogens with two attached hydrogens (primary N) is 1. The fraction of sp³-hybridized carbons (Fsp3) is 0.438. The van der Waals surface area contributed by atoms with Gasteiger partial charge in [-0.25, -0.2) is 4.68 Å². The van der Waals surface area contributed by atoms with Gasteiger partial charge in [0.05, 0.1) is 11.4 Å². The normalized spacial score (nSPS) is 16.4. The van der Waals surface area contributed by atoms with E-state index in [1.807, 2.05) is 10.9 Å². The molecule has 1 heterocycles. The second kappa shape index (κ2) is 5.70. The topological polar surface area (TPSA) is 43.8 Å². The Hall–Kier alpha value is -1.13. The third-order valence-electron chi connectivity index (χ3n) is 3.89. The summed E-state index contributed by atoms with van der Waals surface area (Å²) in [6.07, 6.45) is 6.54. The summed E-state index contributed by atoms with van der Waals surface area (Å²) in [5.41, 5.74) is 9.59. The van der Waals surface area contributed by atoms with Crippen molar-refractivity contribution < 1.29 is 0 Å². The Morgan fingerprint density at radius 1 is 1.40 bits per heavy atom. The van der Waals surface area contributed by atoms with E-state index in [0.29, 0.717) is 5.92 Å². The molecule has 1 aromatic carbocycles. The van der Waals surface area contributed by atoms with Crippen molar-refractivity contribution in [1.82, 2.24) is 9.78 Å². The molecule has 1 unspecified atom stereocenters. The van der Waals surface area contributed by atoms with Crippen LogP contribution in [0.5, 0.6) is 0 Å². The van der Waals surface area contributed by atoms with E-state index in [2.05, 4.69) is 52.2 Å². The van der Waals surface area contributed by atoms with Gasteiger partial charge < -0.3 is 5.73 Å². The van der Waals surface area contributed by atoms with Crippen LogP contribution in [-0.2, 0) is 6.42 Å². The molecule has 3 rings (SSSR count). The number of hydrogen-bond acceptors (Lipinski definition) is 2. The van der Waals surface area contributed by atoms with E-state index in [4.69, 9.17) is 5.73 Å². The number of rotatable bonds is 5. The van der Waals surface area contributed by atoms with Crippen LogP contribution in [0.4, 0.5) is 0 Å². The summed E-state index contributed by atoms with van der Waals surface area (Å²) in [6.45, 7) is 2.12. The highest BCUT2D eigenvalue weighted by atomic mass is 79.9. The minimum atomic E-state index is 0.235. The lowest BCUT2D eigenvalue weighted by Crippen LogP contribution is -2.21. The van der Waals surface area contributed by atoms with Crippen molar-refractivity contribution in [2.45, 2.75) is 44.6 Å². The predicted molar refractivity (Wildman–Crippen MR) is 85.2 cm³/mol. The molecule has 3 nitrogen and oxygen atoms in total. The summed E-state index contributed by atoms with van der Waals surface area (Å²) in [4.78, 5) is 0. The average Bonchev–Trinajstić information content (AvgIpc) is 3.17. The summed E-state index contributed by atoms with van der Waals surface area (Å²) in [6, 6.07) is 8.78. The molecule has 1 fully saturated rings. The van der Waals surface area contributed by atoms with Gasteiger partial charge in [0.2, 0.25) is 0 Å². The lowest BCUT2D eigenvalue weighted by atomic mass is 10.0. The summed E-state index contributed by atoms with van der Waals surface area (Å²) in [5, 5.41) is 4.67. The van der Waals surface area contributed by atoms with Crippen LogP contribution < -0.4 is 5.73 Å². The zero-order chi connectivity index (χ0) is 14.1. The Morgan fingerprint density at radius 2 is 2.20 bits per heavy atom. The molecule has 0 bridgehead atoms. The van der Waals surface area contributed by atoms with Crippen LogP contribution in [-0.4, -0.2) is 15.8 Å². The summed E-state index contributed by atoms with van der Waals surface area (Å²) in [5.74, 6) is 0.692. The summed E-state index contributed by atoms with van der Waals surface area (Å²) in [7, 11) is 0. The molecule has 1 atom stereocenters. The molecule has 2 aromatic rings. The molecular formula is C16H20BrN3. The predicted octanol–water partition coefficient (Wildman–Crippen LogP) is 3.79. The van der Waals surface area contributed by atoms with Crippen LogP contribution in [0.3, 0.4) is 0 Å². The first kappa shape index (κ1) is 13.8. The first-order chi connectivity index (χ1) is 9.67. The first-order valence-corrected chi connectivity index (χ1v) is 8.06. The summed E-state index contributed by atoms with van der Waals surface area (Å²) < 4.78 is 3.03. The van der Waals surface area contributed by atoms with E-state index < -0.39 is 0 Å². The maximum Gasteiger partial charge on any atom is 0.0787 e. The number of hydrogen-bond donors (Lipinski definition) is 1. The van der Waals surface area contributed by atoms with Gasteiger partial charge in [-0.1, -0.05) is 13.0 Å². The van der Waals surface area contributed by atoms with E-state index in [1.54, 1.807) is 0 Å². The second-order valence-electron chi connectivity index (χ2n) is 5.62. The van der Waals surface area contributed by atoms with Crippen molar-refractivity contribution in [3.63, 3.8) is 0 Å². The van der Waals surface area contributed by atoms with Gasteiger partial charge in [-0.15, -0.1) is 0 Å². The highest BCUT2D eigenvalue weighted by Crippen LogP contribution is 2.39. The Bertz CT molecular complexity index is 602. The number of nitrogens with zero attached hydrogens (tertiary/aromatic N) is 2. The van der Waals surface area contributed by atoms with Crippen LogP contribution in [0, 0.1) is 0 Å². The van der Waals surface area contributed by atoms with Gasteiger partial charge in [-0.2, -0.15) is 5.10 Å². The highest BCUT2D eigenvalue weighted by molar-refractivity contribution is 9.10. The van der Waals surface area contributed by atoms with Crippen LogP contribution in [0.2, 0.25) is 0 Å². The average molecular weight is 334 g/mol. The Kier molecular flexibility index (Phi) is 3.94. The fourth-order valence-corrected chi connectivity index (χ4v) is 2.99. The van der Waals surface area contributed by atoms with Gasteiger partial charge in [0, 0.05) is 22.6 Å². The van der Waals surface area contributed by atoms with E-state index in [0.717, 1.165) is 23.0 Å². The van der Waals surface area contributed by atoms with Gasteiger partial charge in [0.15, 0.2) is 0 Å². The lowest BCUT2D eigenvalue weighted by Gasteiger charge is -2.11. The molecule has 0 aliphatic heterocycles. The molecular weight excluding hydrogens is 314 g/mol. The summed E-state index contributed by atoms with van der Waals surface area (Å²) >= 11 is 3.66. The van der Waals surface area contributed by atoms with E-state index in [9.17, 15) is 0 Å². The van der Waals surface area contributed by atoms with Crippen molar-refractivity contribution in [2.75, 3.05) is 0 Å². The maximum absolute atomic E-state index is 6.01. The molecule has 2 N–H and O–H groups in total. The molecule has 20 heavy (non-hydrogen) atoms. The zero-order valence-electron chi connectivity index (χ0n) is 11.7. The smallest absolute Gasteiger partial charge is 0.0787 e. The van der Waals surface area contributed by atoms with Gasteiger partial charge in [-0.05, 0) is 65.4 Å². The minimum absolute atomic E-state index is 0.235. The van der Waals surface area contributed by atoms with Gasteiger partial charge in [0.25, 0.3) is 0 Å². The molecule has 1 saturated carbocycles. The highest BCUT2D eigenvalue weighted by Gasteiger charge is 2.26. The van der Waals surface area contributed by atoms with Crippen LogP contribution in [0.25, 0.3) is 5.69 Å². The van der Waals surface area contributed by atoms with Crippen LogP contribution in [0.15, 0.2) is 34.9 Å². The first-order valence-electron chi connectivity index (χ1n) is 7.27. The Morgan fingerprint density at radius 3 is 2.85 bits per heavy atom. The van der Waals surface area contributed by atoms with Gasteiger partial charge in [-0.3, -0.25) is 0 Å². The standard InChI is InChI=1S/C16H20BrN3/c1-2-13(18)9-11-3-6-16(14(17)10-11)20-8-7-15(19-20)12-4-5-12/h3,6-8,10,12-13H,2,4-5,9,18H2,1H3. The third kappa shape index (κ3) is 2.96.